The summed E-state index contributed by atoms with van der Waals surface area (Å²) in [7, 11) is 0. The number of nitrogens with one attached hydrogen (secondary N) is 1. The molecule has 0 unspecified atom stereocenters. The summed E-state index contributed by atoms with van der Waals surface area (Å²) in [6.45, 7) is 5.73. The van der Waals surface area contributed by atoms with E-state index in [1.165, 1.54) is 0 Å². The zero-order chi connectivity index (χ0) is 16.9. The minimum absolute atomic E-state index is 0.00410. The molecule has 1 aromatic heterocycles. The Morgan fingerprint density at radius 1 is 1.33 bits per heavy atom. The summed E-state index contributed by atoms with van der Waals surface area (Å²) in [5.74, 6) is 0.00410. The normalized spacial score (nSPS) is 15.4. The molecule has 0 aliphatic carbocycles. The van der Waals surface area contributed by atoms with Gasteiger partial charge in [0.15, 0.2) is 0 Å². The number of carbonyl (C=O) groups excluding carboxylic acids is 1. The van der Waals surface area contributed by atoms with Crippen LogP contribution in [0.2, 0.25) is 0 Å². The smallest absolute Gasteiger partial charge is 0.256 e. The molecule has 6 heteroatoms. The van der Waals surface area contributed by atoms with Gasteiger partial charge in [0.25, 0.3) is 5.91 Å². The molecule has 3 rings (SSSR count). The average Bonchev–Trinajstić information content (AvgIpc) is 3.23. The third kappa shape index (κ3) is 4.08. The third-order valence-corrected chi connectivity index (χ3v) is 4.02. The lowest BCUT2D eigenvalue weighted by atomic mass is 10.1. The Bertz CT molecular complexity index is 722. The van der Waals surface area contributed by atoms with Gasteiger partial charge in [-0.1, -0.05) is 30.3 Å². The number of amides is 1. The van der Waals surface area contributed by atoms with Crippen molar-refractivity contribution in [1.29, 1.82) is 0 Å². The molecule has 0 saturated carbocycles. The van der Waals surface area contributed by atoms with Gasteiger partial charge in [-0.25, -0.2) is 5.01 Å². The van der Waals surface area contributed by atoms with E-state index in [1.54, 1.807) is 5.01 Å². The molecule has 0 bridgehead atoms. The van der Waals surface area contributed by atoms with Crippen molar-refractivity contribution in [3.05, 3.63) is 53.9 Å². The summed E-state index contributed by atoms with van der Waals surface area (Å²) in [5.41, 5.74) is 3.20. The molecule has 126 valence electrons. The van der Waals surface area contributed by atoms with E-state index in [9.17, 15) is 4.79 Å². The van der Waals surface area contributed by atoms with Crippen molar-refractivity contribution in [1.82, 2.24) is 20.1 Å². The van der Waals surface area contributed by atoms with E-state index in [4.69, 9.17) is 0 Å². The maximum absolute atomic E-state index is 12.3. The van der Waals surface area contributed by atoms with E-state index in [1.807, 2.05) is 61.3 Å². The summed E-state index contributed by atoms with van der Waals surface area (Å²) < 4.78 is 1.89. The van der Waals surface area contributed by atoms with E-state index in [0.29, 0.717) is 6.54 Å². The van der Waals surface area contributed by atoms with Gasteiger partial charge in [-0.2, -0.15) is 10.2 Å². The highest BCUT2D eigenvalue weighted by molar-refractivity contribution is 6.02. The van der Waals surface area contributed by atoms with Crippen LogP contribution in [0.3, 0.4) is 0 Å². The number of carbonyl (C=O) groups is 1. The van der Waals surface area contributed by atoms with Gasteiger partial charge >= 0.3 is 0 Å². The average molecular weight is 325 g/mol. The van der Waals surface area contributed by atoms with Crippen LogP contribution in [0.1, 0.15) is 24.5 Å². The van der Waals surface area contributed by atoms with Crippen LogP contribution in [0.5, 0.6) is 0 Å². The van der Waals surface area contributed by atoms with Gasteiger partial charge in [-0.3, -0.25) is 9.48 Å². The summed E-state index contributed by atoms with van der Waals surface area (Å²) in [4.78, 5) is 12.3. The van der Waals surface area contributed by atoms with Gasteiger partial charge in [-0.05, 0) is 25.0 Å². The Balaban J connectivity index is 1.49. The molecule has 24 heavy (non-hydrogen) atoms. The number of rotatable bonds is 6. The predicted octanol–water partition coefficient (Wildman–Crippen LogP) is 1.81. The second kappa shape index (κ2) is 7.40. The lowest BCUT2D eigenvalue weighted by molar-refractivity contribution is -0.129. The Morgan fingerprint density at radius 2 is 2.12 bits per heavy atom. The van der Waals surface area contributed by atoms with Crippen molar-refractivity contribution in [2.75, 3.05) is 13.1 Å². The molecule has 1 aliphatic rings. The number of hydrogen-bond donors (Lipinski definition) is 1. The molecule has 6 nitrogen and oxygen atoms in total. The van der Waals surface area contributed by atoms with Crippen LogP contribution < -0.4 is 5.32 Å². The molecule has 2 aromatic rings. The quantitative estimate of drug-likeness (QED) is 0.881. The van der Waals surface area contributed by atoms with Crippen LogP contribution in [-0.2, 0) is 11.3 Å². The summed E-state index contributed by atoms with van der Waals surface area (Å²) >= 11 is 0. The minimum Gasteiger partial charge on any atom is -0.304 e. The van der Waals surface area contributed by atoms with Crippen molar-refractivity contribution in [3.8, 4) is 0 Å². The number of hydrogen-bond acceptors (Lipinski definition) is 4. The number of aryl methyl sites for hydroxylation is 1. The Hall–Kier alpha value is -2.47. The first kappa shape index (κ1) is 16.4. The molecule has 1 aromatic carbocycles. The highest BCUT2D eigenvalue weighted by Gasteiger charge is 2.21. The van der Waals surface area contributed by atoms with Crippen LogP contribution in [0.4, 0.5) is 0 Å². The standard InChI is InChI=1S/C18H23N5O/c1-14-10-20-22(12-14)13-15(2)19-11-18(24)23-9-8-17(21-23)16-6-4-3-5-7-16/h3-7,10,12,15,19H,8-9,11,13H2,1-2H3/t15-/m1/s1. The first-order chi connectivity index (χ1) is 11.6. The fraction of sp³-hybridized carbons (Fsp3) is 0.389. The summed E-state index contributed by atoms with van der Waals surface area (Å²) in [6, 6.07) is 10.2. The number of hydrazone groups is 1. The molecule has 1 amide bonds. The van der Waals surface area contributed by atoms with Gasteiger partial charge in [-0.15, -0.1) is 0 Å². The molecule has 0 spiro atoms. The van der Waals surface area contributed by atoms with Crippen molar-refractivity contribution < 1.29 is 4.79 Å². The SMILES string of the molecule is Cc1cnn(C[C@@H](C)NCC(=O)N2CCC(c3ccccc3)=N2)c1. The van der Waals surface area contributed by atoms with Gasteiger partial charge in [0.05, 0.1) is 31.5 Å². The van der Waals surface area contributed by atoms with Crippen LogP contribution in [0, 0.1) is 6.92 Å². The molecule has 1 aliphatic heterocycles. The molecule has 0 fully saturated rings. The van der Waals surface area contributed by atoms with Gasteiger partial charge in [0.1, 0.15) is 0 Å². The Kier molecular flexibility index (Phi) is 5.05. The van der Waals surface area contributed by atoms with E-state index < -0.39 is 0 Å². The second-order valence-corrected chi connectivity index (χ2v) is 6.20. The first-order valence-electron chi connectivity index (χ1n) is 8.27. The molecule has 2 heterocycles. The Morgan fingerprint density at radius 3 is 2.83 bits per heavy atom. The maximum atomic E-state index is 12.3. The molecule has 0 radical (unpaired) electrons. The molecule has 1 N–H and O–H groups in total. The summed E-state index contributed by atoms with van der Waals surface area (Å²) in [5, 5.41) is 13.5. The lowest BCUT2D eigenvalue weighted by Crippen LogP contribution is -2.39. The van der Waals surface area contributed by atoms with Crippen molar-refractivity contribution >= 4 is 11.6 Å². The van der Waals surface area contributed by atoms with E-state index in [-0.39, 0.29) is 18.5 Å². The van der Waals surface area contributed by atoms with Crippen LogP contribution in [-0.4, -0.2) is 45.5 Å². The molecular weight excluding hydrogens is 302 g/mol. The lowest BCUT2D eigenvalue weighted by Gasteiger charge is -2.16. The van der Waals surface area contributed by atoms with Crippen LogP contribution in [0.25, 0.3) is 0 Å². The van der Waals surface area contributed by atoms with Crippen LogP contribution in [0.15, 0.2) is 47.8 Å². The largest absolute Gasteiger partial charge is 0.304 e. The monoisotopic (exact) mass is 325 g/mol. The number of benzene rings is 1. The molecule has 0 saturated heterocycles. The Labute approximate surface area is 142 Å². The minimum atomic E-state index is 0.00410. The highest BCUT2D eigenvalue weighted by Crippen LogP contribution is 2.13. The van der Waals surface area contributed by atoms with Crippen molar-refractivity contribution in [2.24, 2.45) is 5.10 Å². The van der Waals surface area contributed by atoms with Crippen LogP contribution >= 0.6 is 0 Å². The first-order valence-corrected chi connectivity index (χ1v) is 8.27. The second-order valence-electron chi connectivity index (χ2n) is 6.20. The van der Waals surface area contributed by atoms with E-state index in [0.717, 1.165) is 29.8 Å². The number of nitrogens with zero attached hydrogens (tertiary/aromatic N) is 4. The van der Waals surface area contributed by atoms with Crippen molar-refractivity contribution in [2.45, 2.75) is 32.9 Å². The van der Waals surface area contributed by atoms with Crippen molar-refractivity contribution in [3.63, 3.8) is 0 Å². The topological polar surface area (TPSA) is 62.5 Å². The zero-order valence-corrected chi connectivity index (χ0v) is 14.1. The maximum Gasteiger partial charge on any atom is 0.256 e. The zero-order valence-electron chi connectivity index (χ0n) is 14.1. The fourth-order valence-electron chi connectivity index (χ4n) is 2.74. The third-order valence-electron chi connectivity index (χ3n) is 4.02. The highest BCUT2D eigenvalue weighted by atomic mass is 16.2. The number of aromatic nitrogens is 2. The molecule has 1 atom stereocenters. The van der Waals surface area contributed by atoms with E-state index >= 15 is 0 Å². The summed E-state index contributed by atoms with van der Waals surface area (Å²) in [6.07, 6.45) is 4.64. The fourth-order valence-corrected chi connectivity index (χ4v) is 2.74. The van der Waals surface area contributed by atoms with E-state index in [2.05, 4.69) is 15.5 Å². The van der Waals surface area contributed by atoms with Gasteiger partial charge in [0, 0.05) is 18.7 Å². The predicted molar refractivity (Wildman–Crippen MR) is 93.7 cm³/mol. The van der Waals surface area contributed by atoms with Gasteiger partial charge in [0.2, 0.25) is 0 Å². The van der Waals surface area contributed by atoms with Gasteiger partial charge < -0.3 is 5.32 Å². The molecular formula is C18H23N5O.